The molecule has 1 aliphatic carbocycles. The fourth-order valence-electron chi connectivity index (χ4n) is 3.82. The quantitative estimate of drug-likeness (QED) is 0.753. The van der Waals surface area contributed by atoms with Crippen LogP contribution in [0.3, 0.4) is 0 Å². The number of imidazole rings is 1. The monoisotopic (exact) mass is 276 g/mol. The number of hydrogen-bond acceptors (Lipinski definition) is 2. The summed E-state index contributed by atoms with van der Waals surface area (Å²) in [6.07, 6.45) is 7.36. The van der Waals surface area contributed by atoms with Crippen LogP contribution in [0.15, 0.2) is 24.0 Å². The van der Waals surface area contributed by atoms with E-state index in [0.29, 0.717) is 24.8 Å². The highest BCUT2D eigenvalue weighted by atomic mass is 32.1. The van der Waals surface area contributed by atoms with Crippen LogP contribution in [-0.4, -0.2) is 15.2 Å². The van der Waals surface area contributed by atoms with Gasteiger partial charge in [0.2, 0.25) is 0 Å². The third kappa shape index (κ3) is 1.69. The number of hydrogen-bond donors (Lipinski definition) is 0. The van der Waals surface area contributed by atoms with E-state index in [9.17, 15) is 4.39 Å². The molecule has 1 saturated carbocycles. The van der Waals surface area contributed by atoms with Crippen LogP contribution in [-0.2, 0) is 0 Å². The van der Waals surface area contributed by atoms with E-state index in [-0.39, 0.29) is 0 Å². The topological polar surface area (TPSA) is 17.8 Å². The minimum atomic E-state index is -0.996. The van der Waals surface area contributed by atoms with Crippen LogP contribution in [0.5, 0.6) is 0 Å². The average molecular weight is 276 g/mol. The summed E-state index contributed by atoms with van der Waals surface area (Å²) < 4.78 is 16.6. The predicted molar refractivity (Wildman–Crippen MR) is 75.2 cm³/mol. The van der Waals surface area contributed by atoms with Crippen molar-refractivity contribution in [2.45, 2.75) is 44.3 Å². The van der Waals surface area contributed by atoms with Crippen LogP contribution in [0.4, 0.5) is 4.39 Å². The van der Waals surface area contributed by atoms with Gasteiger partial charge < -0.3 is 4.57 Å². The van der Waals surface area contributed by atoms with Crippen molar-refractivity contribution in [3.63, 3.8) is 0 Å². The summed E-state index contributed by atoms with van der Waals surface area (Å²) in [5.74, 6) is 0.400. The summed E-state index contributed by atoms with van der Waals surface area (Å²) >= 11 is 1.80. The summed E-state index contributed by atoms with van der Waals surface area (Å²) in [5, 5.41) is 2.14. The molecule has 2 aromatic rings. The number of alkyl halides is 1. The van der Waals surface area contributed by atoms with Gasteiger partial charge in [-0.3, -0.25) is 0 Å². The number of rotatable bonds is 1. The lowest BCUT2D eigenvalue weighted by atomic mass is 9.76. The van der Waals surface area contributed by atoms with Gasteiger partial charge in [0, 0.05) is 10.4 Å². The first-order valence-electron chi connectivity index (χ1n) is 6.94. The molecule has 0 spiro atoms. The molecule has 100 valence electrons. The molecule has 2 aliphatic rings. The van der Waals surface area contributed by atoms with Crippen LogP contribution in [0.1, 0.15) is 43.5 Å². The van der Waals surface area contributed by atoms with Crippen molar-refractivity contribution in [2.75, 3.05) is 0 Å². The van der Waals surface area contributed by atoms with Crippen LogP contribution in [0.2, 0.25) is 0 Å². The standard InChI is InChI=1S/C15H17FN2S/c1-15(16)5-2-3-10(7-15)13-14-11(4-6-19-14)12-8-17-9-18(12)13/h4,6,8-10,13H,2-3,5,7H2,1H3/t10-,13-,15?/m0/s1. The Hall–Kier alpha value is -1.16. The molecule has 2 nitrogen and oxygen atoms in total. The highest BCUT2D eigenvalue weighted by molar-refractivity contribution is 7.10. The molecule has 19 heavy (non-hydrogen) atoms. The van der Waals surface area contributed by atoms with E-state index in [2.05, 4.69) is 21.0 Å². The summed E-state index contributed by atoms with van der Waals surface area (Å²) in [6.45, 7) is 1.76. The molecule has 4 rings (SSSR count). The lowest BCUT2D eigenvalue weighted by Crippen LogP contribution is -2.31. The van der Waals surface area contributed by atoms with Crippen LogP contribution >= 0.6 is 11.3 Å². The van der Waals surface area contributed by atoms with Gasteiger partial charge >= 0.3 is 0 Å². The van der Waals surface area contributed by atoms with Gasteiger partial charge in [-0.15, -0.1) is 11.3 Å². The Morgan fingerprint density at radius 1 is 1.53 bits per heavy atom. The van der Waals surface area contributed by atoms with Gasteiger partial charge in [-0.05, 0) is 50.0 Å². The van der Waals surface area contributed by atoms with Crippen molar-refractivity contribution < 1.29 is 4.39 Å². The molecule has 2 aromatic heterocycles. The van der Waals surface area contributed by atoms with Gasteiger partial charge in [0.25, 0.3) is 0 Å². The minimum absolute atomic E-state index is 0.308. The van der Waals surface area contributed by atoms with Gasteiger partial charge in [0.05, 0.1) is 24.3 Å². The van der Waals surface area contributed by atoms with E-state index in [1.165, 1.54) is 16.1 Å². The van der Waals surface area contributed by atoms with Crippen LogP contribution < -0.4 is 0 Å². The third-order valence-electron chi connectivity index (χ3n) is 4.61. The zero-order valence-electron chi connectivity index (χ0n) is 11.0. The number of halogens is 1. The summed E-state index contributed by atoms with van der Waals surface area (Å²) in [4.78, 5) is 5.68. The number of thiophene rings is 1. The Morgan fingerprint density at radius 2 is 2.42 bits per heavy atom. The maximum Gasteiger partial charge on any atom is 0.108 e. The van der Waals surface area contributed by atoms with Gasteiger partial charge in [0.1, 0.15) is 5.67 Å². The average Bonchev–Trinajstić information content (AvgIpc) is 2.98. The predicted octanol–water partition coefficient (Wildman–Crippen LogP) is 4.43. The Bertz CT molecular complexity index is 573. The summed E-state index contributed by atoms with van der Waals surface area (Å²) in [7, 11) is 0. The molecule has 0 amide bonds. The number of fused-ring (bicyclic) bond motifs is 3. The van der Waals surface area contributed by atoms with Crippen LogP contribution in [0.25, 0.3) is 11.3 Å². The van der Waals surface area contributed by atoms with Crippen LogP contribution in [0, 0.1) is 5.92 Å². The molecule has 0 aromatic carbocycles. The largest absolute Gasteiger partial charge is 0.322 e. The Kier molecular flexibility index (Phi) is 2.40. The Morgan fingerprint density at radius 3 is 3.26 bits per heavy atom. The Labute approximate surface area is 116 Å². The van der Waals surface area contributed by atoms with Crippen molar-refractivity contribution >= 4 is 11.3 Å². The lowest BCUT2D eigenvalue weighted by Gasteiger charge is -2.35. The van der Waals surface area contributed by atoms with Gasteiger partial charge in [-0.1, -0.05) is 0 Å². The summed E-state index contributed by atoms with van der Waals surface area (Å²) in [6, 6.07) is 2.48. The Balaban J connectivity index is 1.76. The second-order valence-corrected chi connectivity index (χ2v) is 7.05. The fraction of sp³-hybridized carbons (Fsp3) is 0.533. The molecule has 1 fully saturated rings. The first-order valence-corrected chi connectivity index (χ1v) is 7.82. The minimum Gasteiger partial charge on any atom is -0.322 e. The second-order valence-electron chi connectivity index (χ2n) is 6.10. The lowest BCUT2D eigenvalue weighted by molar-refractivity contribution is 0.0808. The molecule has 0 N–H and O–H groups in total. The molecule has 1 aliphatic heterocycles. The van der Waals surface area contributed by atoms with Crippen molar-refractivity contribution in [2.24, 2.45) is 5.92 Å². The zero-order valence-corrected chi connectivity index (χ0v) is 11.8. The molecule has 1 unspecified atom stereocenters. The molecule has 4 heteroatoms. The molecular formula is C15H17FN2S. The first kappa shape index (κ1) is 11.6. The number of nitrogens with zero attached hydrogens (tertiary/aromatic N) is 2. The van der Waals surface area contributed by atoms with E-state index in [4.69, 9.17) is 0 Å². The highest BCUT2D eigenvalue weighted by Gasteiger charge is 2.41. The van der Waals surface area contributed by atoms with Crippen molar-refractivity contribution in [3.05, 3.63) is 28.8 Å². The maximum atomic E-state index is 14.4. The molecule has 3 atom stereocenters. The van der Waals surface area contributed by atoms with Gasteiger partial charge in [0.15, 0.2) is 0 Å². The molecule has 0 bridgehead atoms. The smallest absolute Gasteiger partial charge is 0.108 e. The van der Waals surface area contributed by atoms with Gasteiger partial charge in [-0.2, -0.15) is 0 Å². The van der Waals surface area contributed by atoms with Crippen molar-refractivity contribution in [1.29, 1.82) is 0 Å². The van der Waals surface area contributed by atoms with E-state index >= 15 is 0 Å². The second kappa shape index (κ2) is 3.92. The van der Waals surface area contributed by atoms with Gasteiger partial charge in [-0.25, -0.2) is 9.37 Å². The molecule has 3 heterocycles. The highest BCUT2D eigenvalue weighted by Crippen LogP contribution is 2.51. The SMILES string of the molecule is CC1(F)CCC[C@H]([C@H]2c3sccc3-c3cncn32)C1. The molecule has 0 saturated heterocycles. The molecule has 0 radical (unpaired) electrons. The normalized spacial score (nSPS) is 33.2. The van der Waals surface area contributed by atoms with Crippen molar-refractivity contribution in [1.82, 2.24) is 9.55 Å². The molecular weight excluding hydrogens is 259 g/mol. The van der Waals surface area contributed by atoms with E-state index < -0.39 is 5.67 Å². The van der Waals surface area contributed by atoms with E-state index in [1.54, 1.807) is 18.3 Å². The van der Waals surface area contributed by atoms with E-state index in [0.717, 1.165) is 12.8 Å². The number of aromatic nitrogens is 2. The fourth-order valence-corrected chi connectivity index (χ4v) is 4.91. The van der Waals surface area contributed by atoms with E-state index in [1.807, 2.05) is 12.5 Å². The van der Waals surface area contributed by atoms with Crippen molar-refractivity contribution in [3.8, 4) is 11.3 Å². The summed E-state index contributed by atoms with van der Waals surface area (Å²) in [5.41, 5.74) is 1.51. The third-order valence-corrected chi connectivity index (χ3v) is 5.60. The first-order chi connectivity index (χ1) is 9.16. The maximum absolute atomic E-state index is 14.4. The zero-order chi connectivity index (χ0) is 13.0.